The van der Waals surface area contributed by atoms with Gasteiger partial charge in [0.2, 0.25) is 0 Å². The second-order valence-electron chi connectivity index (χ2n) is 6.11. The van der Waals surface area contributed by atoms with Crippen molar-refractivity contribution in [3.8, 4) is 5.75 Å². The van der Waals surface area contributed by atoms with Crippen molar-refractivity contribution in [1.82, 2.24) is 5.32 Å². The molecule has 0 fully saturated rings. The summed E-state index contributed by atoms with van der Waals surface area (Å²) in [5.74, 6) is 2.35. The lowest BCUT2D eigenvalue weighted by Gasteiger charge is -2.29. The summed E-state index contributed by atoms with van der Waals surface area (Å²) in [6.07, 6.45) is 2.14. The van der Waals surface area contributed by atoms with E-state index in [1.165, 1.54) is 5.56 Å². The van der Waals surface area contributed by atoms with E-state index < -0.39 is 0 Å². The fourth-order valence-corrected chi connectivity index (χ4v) is 3.07. The minimum absolute atomic E-state index is 0.270. The number of halogens is 1. The minimum Gasteiger partial charge on any atom is -0.493 e. The first kappa shape index (κ1) is 14.7. The molecule has 1 aliphatic heterocycles. The van der Waals surface area contributed by atoms with Gasteiger partial charge in [0.25, 0.3) is 0 Å². The van der Waals surface area contributed by atoms with Crippen molar-refractivity contribution < 1.29 is 4.74 Å². The third kappa shape index (κ3) is 4.12. The largest absolute Gasteiger partial charge is 0.493 e. The molecular formula is C16H24ClNO. The molecule has 1 heterocycles. The van der Waals surface area contributed by atoms with Crippen molar-refractivity contribution in [1.29, 1.82) is 0 Å². The molecule has 1 N–H and O–H groups in total. The predicted molar refractivity (Wildman–Crippen MR) is 81.3 cm³/mol. The second kappa shape index (κ2) is 6.62. The van der Waals surface area contributed by atoms with Crippen LogP contribution >= 0.6 is 11.6 Å². The van der Waals surface area contributed by atoms with Crippen LogP contribution in [0.3, 0.4) is 0 Å². The highest BCUT2D eigenvalue weighted by molar-refractivity contribution is 6.17. The number of alkyl halides is 1. The first-order chi connectivity index (χ1) is 9.12. The van der Waals surface area contributed by atoms with Crippen LogP contribution in [-0.4, -0.2) is 25.6 Å². The Morgan fingerprint density at radius 2 is 2.16 bits per heavy atom. The Bertz CT molecular complexity index is 405. The summed E-state index contributed by atoms with van der Waals surface area (Å²) in [7, 11) is 0. The van der Waals surface area contributed by atoms with Gasteiger partial charge >= 0.3 is 0 Å². The molecule has 0 radical (unpaired) electrons. The Kier molecular flexibility index (Phi) is 5.12. The highest BCUT2D eigenvalue weighted by atomic mass is 35.5. The SMILES string of the molecule is CC(C)(CCCl)CNCC1CCOc2ccccc21. The van der Waals surface area contributed by atoms with E-state index in [1.807, 2.05) is 6.07 Å². The molecule has 0 saturated heterocycles. The molecular weight excluding hydrogens is 258 g/mol. The Morgan fingerprint density at radius 1 is 1.37 bits per heavy atom. The van der Waals surface area contributed by atoms with Crippen LogP contribution < -0.4 is 10.1 Å². The van der Waals surface area contributed by atoms with Crippen molar-refractivity contribution in [3.63, 3.8) is 0 Å². The van der Waals surface area contributed by atoms with Gasteiger partial charge in [0.1, 0.15) is 5.75 Å². The summed E-state index contributed by atoms with van der Waals surface area (Å²) in [6.45, 7) is 7.39. The summed E-state index contributed by atoms with van der Waals surface area (Å²) < 4.78 is 5.69. The Balaban J connectivity index is 1.88. The number of fused-ring (bicyclic) bond motifs is 1. The normalized spacial score (nSPS) is 18.8. The number of hydrogen-bond acceptors (Lipinski definition) is 2. The first-order valence-corrected chi connectivity index (χ1v) is 7.64. The van der Waals surface area contributed by atoms with Crippen LogP contribution in [0.15, 0.2) is 24.3 Å². The average molecular weight is 282 g/mol. The Morgan fingerprint density at radius 3 is 2.95 bits per heavy atom. The van der Waals surface area contributed by atoms with Crippen LogP contribution in [0.2, 0.25) is 0 Å². The van der Waals surface area contributed by atoms with E-state index in [0.717, 1.165) is 44.2 Å². The zero-order valence-electron chi connectivity index (χ0n) is 11.9. The van der Waals surface area contributed by atoms with Crippen molar-refractivity contribution in [3.05, 3.63) is 29.8 Å². The maximum absolute atomic E-state index is 5.84. The second-order valence-corrected chi connectivity index (χ2v) is 6.48. The Hall–Kier alpha value is -0.730. The highest BCUT2D eigenvalue weighted by Crippen LogP contribution is 2.33. The van der Waals surface area contributed by atoms with Crippen molar-refractivity contribution in [2.75, 3.05) is 25.6 Å². The van der Waals surface area contributed by atoms with Crippen molar-refractivity contribution in [2.45, 2.75) is 32.6 Å². The third-order valence-corrected chi connectivity index (χ3v) is 4.04. The molecule has 0 amide bonds. The molecule has 19 heavy (non-hydrogen) atoms. The molecule has 0 aromatic heterocycles. The number of hydrogen-bond donors (Lipinski definition) is 1. The van der Waals surface area contributed by atoms with Gasteiger partial charge in [-0.2, -0.15) is 0 Å². The Labute approximate surface area is 121 Å². The smallest absolute Gasteiger partial charge is 0.122 e. The fraction of sp³-hybridized carbons (Fsp3) is 0.625. The lowest BCUT2D eigenvalue weighted by molar-refractivity contribution is 0.258. The van der Waals surface area contributed by atoms with E-state index in [0.29, 0.717) is 5.92 Å². The van der Waals surface area contributed by atoms with Gasteiger partial charge in [0.05, 0.1) is 6.61 Å². The zero-order chi connectivity index (χ0) is 13.7. The van der Waals surface area contributed by atoms with E-state index in [4.69, 9.17) is 16.3 Å². The first-order valence-electron chi connectivity index (χ1n) is 7.11. The lowest BCUT2D eigenvalue weighted by atomic mass is 9.89. The van der Waals surface area contributed by atoms with Crippen LogP contribution in [0, 0.1) is 5.41 Å². The zero-order valence-corrected chi connectivity index (χ0v) is 12.7. The van der Waals surface area contributed by atoms with Gasteiger partial charge in [-0.1, -0.05) is 32.0 Å². The number of benzene rings is 1. The predicted octanol–water partition coefficient (Wildman–Crippen LogP) is 3.80. The molecule has 1 aliphatic rings. The molecule has 0 saturated carbocycles. The number of nitrogens with one attached hydrogen (secondary N) is 1. The molecule has 1 atom stereocenters. The van der Waals surface area contributed by atoms with E-state index in [-0.39, 0.29) is 5.41 Å². The van der Waals surface area contributed by atoms with Crippen LogP contribution in [0.4, 0.5) is 0 Å². The van der Waals surface area contributed by atoms with Gasteiger partial charge in [-0.05, 0) is 29.9 Å². The van der Waals surface area contributed by atoms with Gasteiger partial charge in [0.15, 0.2) is 0 Å². The summed E-state index contributed by atoms with van der Waals surface area (Å²) in [5, 5.41) is 3.61. The maximum atomic E-state index is 5.84. The molecule has 0 bridgehead atoms. The number of rotatable bonds is 6. The van der Waals surface area contributed by atoms with E-state index in [9.17, 15) is 0 Å². The van der Waals surface area contributed by atoms with Gasteiger partial charge in [-0.25, -0.2) is 0 Å². The minimum atomic E-state index is 0.270. The molecule has 1 aromatic rings. The highest BCUT2D eigenvalue weighted by Gasteiger charge is 2.22. The lowest BCUT2D eigenvalue weighted by Crippen LogP contribution is -2.33. The third-order valence-electron chi connectivity index (χ3n) is 3.85. The van der Waals surface area contributed by atoms with Crippen LogP contribution in [0.1, 0.15) is 38.2 Å². The monoisotopic (exact) mass is 281 g/mol. The molecule has 2 rings (SSSR count). The van der Waals surface area contributed by atoms with Gasteiger partial charge in [-0.3, -0.25) is 0 Å². The summed E-state index contributed by atoms with van der Waals surface area (Å²) in [5.41, 5.74) is 1.61. The maximum Gasteiger partial charge on any atom is 0.122 e. The molecule has 106 valence electrons. The van der Waals surface area contributed by atoms with Gasteiger partial charge < -0.3 is 10.1 Å². The number of ether oxygens (including phenoxy) is 1. The molecule has 1 aromatic carbocycles. The topological polar surface area (TPSA) is 21.3 Å². The molecule has 0 aliphatic carbocycles. The fourth-order valence-electron chi connectivity index (χ4n) is 2.56. The van der Waals surface area contributed by atoms with Gasteiger partial charge in [-0.15, -0.1) is 11.6 Å². The number of para-hydroxylation sites is 1. The van der Waals surface area contributed by atoms with E-state index >= 15 is 0 Å². The van der Waals surface area contributed by atoms with Crippen molar-refractivity contribution >= 4 is 11.6 Å². The van der Waals surface area contributed by atoms with E-state index in [2.05, 4.69) is 37.4 Å². The summed E-state index contributed by atoms with van der Waals surface area (Å²) >= 11 is 5.84. The molecule has 3 heteroatoms. The van der Waals surface area contributed by atoms with Crippen molar-refractivity contribution in [2.24, 2.45) is 5.41 Å². The summed E-state index contributed by atoms with van der Waals surface area (Å²) in [4.78, 5) is 0. The van der Waals surface area contributed by atoms with Crippen LogP contribution in [0.5, 0.6) is 5.75 Å². The molecule has 1 unspecified atom stereocenters. The average Bonchev–Trinajstić information content (AvgIpc) is 2.39. The van der Waals surface area contributed by atoms with Crippen LogP contribution in [-0.2, 0) is 0 Å². The quantitative estimate of drug-likeness (QED) is 0.801. The summed E-state index contributed by atoms with van der Waals surface area (Å²) in [6, 6.07) is 8.39. The van der Waals surface area contributed by atoms with E-state index in [1.54, 1.807) is 0 Å². The van der Waals surface area contributed by atoms with Gasteiger partial charge in [0, 0.05) is 24.9 Å². The standard InChI is InChI=1S/C16H24ClNO/c1-16(2,8-9-17)12-18-11-13-7-10-19-15-6-4-3-5-14(13)15/h3-6,13,18H,7-12H2,1-2H3. The molecule has 2 nitrogen and oxygen atoms in total. The van der Waals surface area contributed by atoms with Crippen LogP contribution in [0.25, 0.3) is 0 Å². The molecule has 0 spiro atoms.